The number of hydrogen-bond acceptors (Lipinski definition) is 7. The van der Waals surface area contributed by atoms with Gasteiger partial charge in [-0.25, -0.2) is 14.5 Å². The Morgan fingerprint density at radius 3 is 2.76 bits per heavy atom. The van der Waals surface area contributed by atoms with Crippen molar-refractivity contribution in [1.29, 1.82) is 5.26 Å². The van der Waals surface area contributed by atoms with Gasteiger partial charge in [0.05, 0.1) is 24.3 Å². The molecule has 2 aliphatic heterocycles. The molecule has 0 radical (unpaired) electrons. The van der Waals surface area contributed by atoms with E-state index in [1.54, 1.807) is 4.90 Å². The van der Waals surface area contributed by atoms with Crippen molar-refractivity contribution in [2.45, 2.75) is 18.4 Å². The molecule has 150 valence electrons. The first-order valence-corrected chi connectivity index (χ1v) is 9.29. The molecule has 2 fully saturated rings. The number of nitriles is 1. The first-order valence-electron chi connectivity index (χ1n) is 9.29. The van der Waals surface area contributed by atoms with Gasteiger partial charge >= 0.3 is 0 Å². The minimum Gasteiger partial charge on any atom is -0.371 e. The maximum atomic E-state index is 14.3. The molecular formula is C19H19FN6O3. The molecule has 2 aromatic rings. The highest BCUT2D eigenvalue weighted by atomic mass is 19.1. The van der Waals surface area contributed by atoms with Gasteiger partial charge in [-0.2, -0.15) is 10.4 Å². The van der Waals surface area contributed by atoms with Crippen molar-refractivity contribution in [2.75, 3.05) is 37.7 Å². The number of aromatic amines is 1. The third-order valence-corrected chi connectivity index (χ3v) is 5.36. The van der Waals surface area contributed by atoms with E-state index in [-0.39, 0.29) is 28.5 Å². The van der Waals surface area contributed by atoms with Gasteiger partial charge in [-0.15, -0.1) is 0 Å². The Morgan fingerprint density at radius 1 is 1.31 bits per heavy atom. The third-order valence-electron chi connectivity index (χ3n) is 5.36. The zero-order chi connectivity index (χ0) is 20.4. The van der Waals surface area contributed by atoms with Crippen molar-refractivity contribution in [3.8, 4) is 6.07 Å². The van der Waals surface area contributed by atoms with Gasteiger partial charge in [-0.05, 0) is 25.0 Å². The van der Waals surface area contributed by atoms with Crippen molar-refractivity contribution in [3.63, 3.8) is 0 Å². The number of nitrogens with zero attached hydrogens (tertiary/aromatic N) is 5. The van der Waals surface area contributed by atoms with Crippen LogP contribution >= 0.6 is 0 Å². The van der Waals surface area contributed by atoms with Gasteiger partial charge in [0.2, 0.25) is 0 Å². The van der Waals surface area contributed by atoms with Crippen LogP contribution in [0.4, 0.5) is 10.2 Å². The number of hydrogen-bond donors (Lipinski definition) is 1. The maximum Gasteiger partial charge on any atom is 0.274 e. The molecule has 2 aliphatic rings. The number of carbonyl (C=O) groups excluding carboxylic acids is 1. The van der Waals surface area contributed by atoms with Gasteiger partial charge in [0, 0.05) is 31.9 Å². The Kier molecular flexibility index (Phi) is 4.98. The van der Waals surface area contributed by atoms with Crippen LogP contribution in [0.15, 0.2) is 29.2 Å². The minimum absolute atomic E-state index is 0.181. The summed E-state index contributed by atoms with van der Waals surface area (Å²) in [7, 11) is 0. The molecule has 1 spiro atoms. The molecule has 4 heterocycles. The molecule has 0 saturated carbocycles. The van der Waals surface area contributed by atoms with Gasteiger partial charge in [-0.1, -0.05) is 0 Å². The second-order valence-electron chi connectivity index (χ2n) is 7.19. The molecular weight excluding hydrogens is 379 g/mol. The van der Waals surface area contributed by atoms with Crippen molar-refractivity contribution in [3.05, 3.63) is 51.8 Å². The monoisotopic (exact) mass is 398 g/mol. The number of H-pyrrole nitrogens is 1. The van der Waals surface area contributed by atoms with Gasteiger partial charge < -0.3 is 14.5 Å². The zero-order valence-electron chi connectivity index (χ0n) is 15.6. The highest BCUT2D eigenvalue weighted by Crippen LogP contribution is 2.32. The van der Waals surface area contributed by atoms with E-state index in [0.717, 1.165) is 0 Å². The summed E-state index contributed by atoms with van der Waals surface area (Å²) in [4.78, 5) is 31.5. The van der Waals surface area contributed by atoms with E-state index >= 15 is 0 Å². The van der Waals surface area contributed by atoms with E-state index < -0.39 is 11.4 Å². The summed E-state index contributed by atoms with van der Waals surface area (Å²) in [6.07, 6.45) is 2.57. The van der Waals surface area contributed by atoms with Crippen molar-refractivity contribution in [1.82, 2.24) is 20.1 Å². The summed E-state index contributed by atoms with van der Waals surface area (Å²) in [6.45, 7) is 2.29. The Balaban J connectivity index is 1.44. The molecule has 29 heavy (non-hydrogen) atoms. The average molecular weight is 398 g/mol. The number of nitrogens with one attached hydrogen (secondary N) is 1. The predicted octanol–water partition coefficient (Wildman–Crippen LogP) is 0.687. The number of halogens is 1. The fourth-order valence-electron chi connectivity index (χ4n) is 3.80. The number of piperidine rings is 1. The highest BCUT2D eigenvalue weighted by molar-refractivity contribution is 5.92. The number of rotatable bonds is 2. The van der Waals surface area contributed by atoms with Crippen molar-refractivity contribution < 1.29 is 13.9 Å². The van der Waals surface area contributed by atoms with E-state index in [0.29, 0.717) is 45.6 Å². The van der Waals surface area contributed by atoms with Crippen LogP contribution in [0.2, 0.25) is 0 Å². The van der Waals surface area contributed by atoms with Gasteiger partial charge in [0.1, 0.15) is 11.8 Å². The lowest BCUT2D eigenvalue weighted by atomic mass is 9.89. The summed E-state index contributed by atoms with van der Waals surface area (Å²) in [5.74, 6) is -0.559. The van der Waals surface area contributed by atoms with Gasteiger partial charge in [0.15, 0.2) is 11.6 Å². The second-order valence-corrected chi connectivity index (χ2v) is 7.19. The van der Waals surface area contributed by atoms with Crippen LogP contribution < -0.4 is 10.5 Å². The average Bonchev–Trinajstić information content (AvgIpc) is 2.74. The second kappa shape index (κ2) is 7.60. The molecule has 1 amide bonds. The Hall–Kier alpha value is -3.32. The molecule has 0 atom stereocenters. The summed E-state index contributed by atoms with van der Waals surface area (Å²) < 4.78 is 20.3. The van der Waals surface area contributed by atoms with E-state index in [1.165, 1.54) is 24.4 Å². The first kappa shape index (κ1) is 19.0. The molecule has 0 aliphatic carbocycles. The highest BCUT2D eigenvalue weighted by Gasteiger charge is 2.42. The van der Waals surface area contributed by atoms with E-state index in [2.05, 4.69) is 15.2 Å². The summed E-state index contributed by atoms with van der Waals surface area (Å²) in [5.41, 5.74) is -0.505. The van der Waals surface area contributed by atoms with Crippen LogP contribution in [0.3, 0.4) is 0 Å². The van der Waals surface area contributed by atoms with Crippen molar-refractivity contribution >= 4 is 11.7 Å². The number of carbonyl (C=O) groups is 1. The number of ether oxygens (including phenoxy) is 1. The smallest absolute Gasteiger partial charge is 0.274 e. The molecule has 2 aromatic heterocycles. The normalized spacial score (nSPS) is 18.5. The fraction of sp³-hybridized carbons (Fsp3) is 0.421. The topological polar surface area (TPSA) is 115 Å². The number of pyridine rings is 1. The molecule has 10 heteroatoms. The number of amides is 1. The van der Waals surface area contributed by atoms with Gasteiger partial charge in [-0.3, -0.25) is 9.59 Å². The lowest BCUT2D eigenvalue weighted by molar-refractivity contribution is -0.111. The minimum atomic E-state index is -0.523. The van der Waals surface area contributed by atoms with Crippen molar-refractivity contribution in [2.24, 2.45) is 0 Å². The Bertz CT molecular complexity index is 1000. The molecule has 0 unspecified atom stereocenters. The standard InChI is InChI=1S/C19H19FN6O3/c20-14-9-13(10-21)11-22-17(14)25-5-3-19(4-6-25)12-26(7-8-29-19)18(28)15-1-2-16(27)24-23-15/h1-2,9,11H,3-8,12H2,(H,24,27). The van der Waals surface area contributed by atoms with Crippen LogP contribution in [0.25, 0.3) is 0 Å². The summed E-state index contributed by atoms with van der Waals surface area (Å²) in [6, 6.07) is 5.74. The van der Waals surface area contributed by atoms with E-state index in [4.69, 9.17) is 10.00 Å². The molecule has 9 nitrogen and oxygen atoms in total. The molecule has 4 rings (SSSR count). The fourth-order valence-corrected chi connectivity index (χ4v) is 3.80. The van der Waals surface area contributed by atoms with Gasteiger partial charge in [0.25, 0.3) is 11.5 Å². The molecule has 0 aromatic carbocycles. The Labute approximate surface area is 165 Å². The van der Waals surface area contributed by atoms with Crippen LogP contribution in [-0.2, 0) is 4.74 Å². The number of aromatic nitrogens is 3. The van der Waals surface area contributed by atoms with E-state index in [9.17, 15) is 14.0 Å². The molecule has 1 N–H and O–H groups in total. The third kappa shape index (κ3) is 3.82. The molecule has 0 bridgehead atoms. The van der Waals surface area contributed by atoms with Crippen LogP contribution in [0.1, 0.15) is 28.9 Å². The largest absolute Gasteiger partial charge is 0.371 e. The van der Waals surface area contributed by atoms with Crippen LogP contribution in [-0.4, -0.2) is 64.4 Å². The quantitative estimate of drug-likeness (QED) is 0.791. The Morgan fingerprint density at radius 2 is 2.10 bits per heavy atom. The number of anilines is 1. The predicted molar refractivity (Wildman–Crippen MR) is 99.8 cm³/mol. The van der Waals surface area contributed by atoms with E-state index in [1.807, 2.05) is 11.0 Å². The first-order chi connectivity index (χ1) is 14.0. The lowest BCUT2D eigenvalue weighted by Crippen LogP contribution is -2.58. The van der Waals surface area contributed by atoms with Crippen LogP contribution in [0, 0.1) is 17.1 Å². The summed E-state index contributed by atoms with van der Waals surface area (Å²) >= 11 is 0. The summed E-state index contributed by atoms with van der Waals surface area (Å²) in [5, 5.41) is 14.9. The number of morpholine rings is 1. The lowest BCUT2D eigenvalue weighted by Gasteiger charge is -2.47. The maximum absolute atomic E-state index is 14.3. The SMILES string of the molecule is N#Cc1cnc(N2CCC3(CC2)CN(C(=O)c2ccc(=O)[nH]n2)CCO3)c(F)c1. The molecule has 2 saturated heterocycles. The van der Waals surface area contributed by atoms with Crippen LogP contribution in [0.5, 0.6) is 0 Å². The zero-order valence-corrected chi connectivity index (χ0v) is 15.6.